The number of rotatable bonds is 4. The molecule has 1 atom stereocenters. The minimum absolute atomic E-state index is 0.182. The second-order valence-electron chi connectivity index (χ2n) is 4.83. The van der Waals surface area contributed by atoms with Gasteiger partial charge in [-0.15, -0.1) is 0 Å². The van der Waals surface area contributed by atoms with Crippen molar-refractivity contribution < 1.29 is 13.9 Å². The highest BCUT2D eigenvalue weighted by molar-refractivity contribution is 5.75. The van der Waals surface area contributed by atoms with Crippen LogP contribution in [0.25, 0.3) is 0 Å². The lowest BCUT2D eigenvalue weighted by atomic mass is 10.0. The first-order chi connectivity index (χ1) is 9.22. The van der Waals surface area contributed by atoms with Crippen molar-refractivity contribution in [3.63, 3.8) is 0 Å². The number of ether oxygens (including phenoxy) is 1. The highest BCUT2D eigenvalue weighted by atomic mass is 19.1. The number of hydrogen-bond acceptors (Lipinski definition) is 3. The van der Waals surface area contributed by atoms with Gasteiger partial charge in [-0.1, -0.05) is 24.6 Å². The van der Waals surface area contributed by atoms with Crippen LogP contribution in [-0.2, 0) is 16.1 Å². The molecule has 1 saturated heterocycles. The van der Waals surface area contributed by atoms with Gasteiger partial charge < -0.3 is 4.74 Å². The minimum Gasteiger partial charge on any atom is -0.465 e. The maximum Gasteiger partial charge on any atom is 0.323 e. The molecule has 0 spiro atoms. The van der Waals surface area contributed by atoms with E-state index < -0.39 is 0 Å². The van der Waals surface area contributed by atoms with Crippen LogP contribution >= 0.6 is 0 Å². The second-order valence-corrected chi connectivity index (χ2v) is 4.83. The SMILES string of the molecule is CCOC(=O)[C@@H]1CCCCN1Cc1ccccc1F. The van der Waals surface area contributed by atoms with Crippen LogP contribution in [0.2, 0.25) is 0 Å². The Bertz CT molecular complexity index is 436. The Morgan fingerprint density at radius 1 is 1.42 bits per heavy atom. The molecule has 104 valence electrons. The van der Waals surface area contributed by atoms with Crippen molar-refractivity contribution in [3.8, 4) is 0 Å². The van der Waals surface area contributed by atoms with Crippen LogP contribution in [0.15, 0.2) is 24.3 Å². The Labute approximate surface area is 113 Å². The predicted molar refractivity (Wildman–Crippen MR) is 71.1 cm³/mol. The van der Waals surface area contributed by atoms with Crippen molar-refractivity contribution in [2.75, 3.05) is 13.2 Å². The third-order valence-electron chi connectivity index (χ3n) is 3.50. The van der Waals surface area contributed by atoms with Crippen LogP contribution in [0, 0.1) is 5.82 Å². The summed E-state index contributed by atoms with van der Waals surface area (Å²) >= 11 is 0. The maximum absolute atomic E-state index is 13.7. The fourth-order valence-corrected chi connectivity index (χ4v) is 2.53. The van der Waals surface area contributed by atoms with Gasteiger partial charge in [-0.3, -0.25) is 9.69 Å². The summed E-state index contributed by atoms with van der Waals surface area (Å²) < 4.78 is 18.8. The molecular weight excluding hydrogens is 245 g/mol. The van der Waals surface area contributed by atoms with Crippen molar-refractivity contribution in [2.24, 2.45) is 0 Å². The molecule has 1 fully saturated rings. The third kappa shape index (κ3) is 3.53. The van der Waals surface area contributed by atoms with Crippen LogP contribution in [-0.4, -0.2) is 30.1 Å². The van der Waals surface area contributed by atoms with Crippen LogP contribution in [0.3, 0.4) is 0 Å². The average Bonchev–Trinajstić information content (AvgIpc) is 2.42. The molecular formula is C15H20FNO2. The molecule has 0 bridgehead atoms. The third-order valence-corrected chi connectivity index (χ3v) is 3.50. The van der Waals surface area contributed by atoms with Gasteiger partial charge in [-0.2, -0.15) is 0 Å². The van der Waals surface area contributed by atoms with Crippen molar-refractivity contribution in [3.05, 3.63) is 35.6 Å². The molecule has 1 aliphatic heterocycles. The largest absolute Gasteiger partial charge is 0.465 e. The standard InChI is InChI=1S/C15H20FNO2/c1-2-19-15(18)14-9-5-6-10-17(14)11-12-7-3-4-8-13(12)16/h3-4,7-8,14H,2,5-6,9-11H2,1H3/t14-/m0/s1. The average molecular weight is 265 g/mol. The molecule has 1 heterocycles. The number of carbonyl (C=O) groups is 1. The van der Waals surface area contributed by atoms with E-state index in [-0.39, 0.29) is 17.8 Å². The highest BCUT2D eigenvalue weighted by Crippen LogP contribution is 2.21. The van der Waals surface area contributed by atoms with Gasteiger partial charge in [0.05, 0.1) is 6.61 Å². The van der Waals surface area contributed by atoms with Crippen LogP contribution in [0.4, 0.5) is 4.39 Å². The zero-order valence-electron chi connectivity index (χ0n) is 11.3. The first kappa shape index (κ1) is 14.0. The summed E-state index contributed by atoms with van der Waals surface area (Å²) in [5, 5.41) is 0. The summed E-state index contributed by atoms with van der Waals surface area (Å²) in [5.41, 5.74) is 0.638. The van der Waals surface area contributed by atoms with Gasteiger partial charge in [0.2, 0.25) is 0 Å². The van der Waals surface area contributed by atoms with Crippen molar-refractivity contribution in [1.29, 1.82) is 0 Å². The smallest absolute Gasteiger partial charge is 0.323 e. The summed E-state index contributed by atoms with van der Waals surface area (Å²) in [6.07, 6.45) is 2.87. The second kappa shape index (κ2) is 6.66. The Balaban J connectivity index is 2.07. The van der Waals surface area contributed by atoms with E-state index in [9.17, 15) is 9.18 Å². The first-order valence-corrected chi connectivity index (χ1v) is 6.86. The topological polar surface area (TPSA) is 29.5 Å². The molecule has 0 radical (unpaired) electrons. The van der Waals surface area contributed by atoms with Crippen molar-refractivity contribution >= 4 is 5.97 Å². The predicted octanol–water partition coefficient (Wildman–Crippen LogP) is 2.74. The van der Waals surface area contributed by atoms with E-state index in [1.165, 1.54) is 6.07 Å². The summed E-state index contributed by atoms with van der Waals surface area (Å²) in [5.74, 6) is -0.394. The summed E-state index contributed by atoms with van der Waals surface area (Å²) in [4.78, 5) is 14.0. The molecule has 0 amide bonds. The van der Waals surface area contributed by atoms with E-state index in [4.69, 9.17) is 4.74 Å². The van der Waals surface area contributed by atoms with Crippen LogP contribution in [0.5, 0.6) is 0 Å². The molecule has 1 aromatic rings. The number of halogens is 1. The van der Waals surface area contributed by atoms with Crippen LogP contribution < -0.4 is 0 Å². The van der Waals surface area contributed by atoms with E-state index in [0.717, 1.165) is 25.8 Å². The van der Waals surface area contributed by atoms with E-state index in [1.807, 2.05) is 17.9 Å². The monoisotopic (exact) mass is 265 g/mol. The number of carbonyl (C=O) groups excluding carboxylic acids is 1. The summed E-state index contributed by atoms with van der Waals surface area (Å²) in [6, 6.07) is 6.50. The molecule has 3 nitrogen and oxygen atoms in total. The van der Waals surface area contributed by atoms with E-state index >= 15 is 0 Å². The van der Waals surface area contributed by atoms with Gasteiger partial charge in [0.1, 0.15) is 11.9 Å². The lowest BCUT2D eigenvalue weighted by Gasteiger charge is -2.34. The minimum atomic E-state index is -0.228. The number of hydrogen-bond donors (Lipinski definition) is 0. The molecule has 0 aromatic heterocycles. The molecule has 0 saturated carbocycles. The van der Waals surface area contributed by atoms with Gasteiger partial charge in [0.25, 0.3) is 0 Å². The Morgan fingerprint density at radius 3 is 2.95 bits per heavy atom. The molecule has 4 heteroatoms. The fraction of sp³-hybridized carbons (Fsp3) is 0.533. The van der Waals surface area contributed by atoms with E-state index in [0.29, 0.717) is 18.7 Å². The van der Waals surface area contributed by atoms with Gasteiger partial charge in [-0.05, 0) is 32.4 Å². The molecule has 2 rings (SSSR count). The van der Waals surface area contributed by atoms with Gasteiger partial charge >= 0.3 is 5.97 Å². The first-order valence-electron chi connectivity index (χ1n) is 6.86. The quantitative estimate of drug-likeness (QED) is 0.784. The lowest BCUT2D eigenvalue weighted by molar-refractivity contribution is -0.151. The summed E-state index contributed by atoms with van der Waals surface area (Å²) in [7, 11) is 0. The zero-order chi connectivity index (χ0) is 13.7. The summed E-state index contributed by atoms with van der Waals surface area (Å²) in [6.45, 7) is 3.48. The fourth-order valence-electron chi connectivity index (χ4n) is 2.53. The van der Waals surface area contributed by atoms with Gasteiger partial charge in [0, 0.05) is 12.1 Å². The van der Waals surface area contributed by atoms with Crippen molar-refractivity contribution in [1.82, 2.24) is 4.90 Å². The highest BCUT2D eigenvalue weighted by Gasteiger charge is 2.30. The molecule has 19 heavy (non-hydrogen) atoms. The zero-order valence-corrected chi connectivity index (χ0v) is 11.3. The number of benzene rings is 1. The molecule has 1 aromatic carbocycles. The number of likely N-dealkylation sites (tertiary alicyclic amines) is 1. The van der Waals surface area contributed by atoms with Crippen molar-refractivity contribution in [2.45, 2.75) is 38.8 Å². The van der Waals surface area contributed by atoms with E-state index in [2.05, 4.69) is 0 Å². The molecule has 0 unspecified atom stereocenters. The van der Waals surface area contributed by atoms with E-state index in [1.54, 1.807) is 12.1 Å². The maximum atomic E-state index is 13.7. The Morgan fingerprint density at radius 2 is 2.21 bits per heavy atom. The Hall–Kier alpha value is -1.42. The number of piperidine rings is 1. The Kier molecular flexibility index (Phi) is 4.91. The number of esters is 1. The molecule has 0 N–H and O–H groups in total. The number of nitrogens with zero attached hydrogens (tertiary/aromatic N) is 1. The van der Waals surface area contributed by atoms with Crippen LogP contribution in [0.1, 0.15) is 31.7 Å². The molecule has 1 aliphatic rings. The normalized spacial score (nSPS) is 20.2. The molecule has 0 aliphatic carbocycles. The van der Waals surface area contributed by atoms with Gasteiger partial charge in [-0.25, -0.2) is 4.39 Å². The lowest BCUT2D eigenvalue weighted by Crippen LogP contribution is -2.45. The van der Waals surface area contributed by atoms with Gasteiger partial charge in [0.15, 0.2) is 0 Å².